The van der Waals surface area contributed by atoms with Crippen molar-refractivity contribution in [3.63, 3.8) is 0 Å². The van der Waals surface area contributed by atoms with Gasteiger partial charge >= 0.3 is 6.03 Å². The molecule has 3 rings (SSSR count). The number of nitrogens with zero attached hydrogens (tertiary/aromatic N) is 2. The van der Waals surface area contributed by atoms with Gasteiger partial charge in [0.2, 0.25) is 11.8 Å². The molecule has 0 bridgehead atoms. The van der Waals surface area contributed by atoms with Crippen LogP contribution in [0.3, 0.4) is 0 Å². The van der Waals surface area contributed by atoms with Gasteiger partial charge in [0, 0.05) is 6.04 Å². The number of amides is 2. The monoisotopic (exact) mass is 370 g/mol. The Morgan fingerprint density at radius 3 is 2.38 bits per heavy atom. The smallest absolute Gasteiger partial charge is 0.315 e. The summed E-state index contributed by atoms with van der Waals surface area (Å²) in [6.07, 6.45) is 0. The highest BCUT2D eigenvalue weighted by atomic mass is 35.5. The van der Waals surface area contributed by atoms with Crippen LogP contribution in [0.25, 0.3) is 11.5 Å². The topological polar surface area (TPSA) is 80.0 Å². The van der Waals surface area contributed by atoms with Crippen LogP contribution in [0.2, 0.25) is 5.02 Å². The SMILES string of the molecule is CC(C)NC(=O)NC(c1ccccc1)c1nnc(-c2ccccc2Cl)o1. The van der Waals surface area contributed by atoms with Crippen molar-refractivity contribution in [3.05, 3.63) is 71.1 Å². The van der Waals surface area contributed by atoms with Gasteiger partial charge in [-0.05, 0) is 31.5 Å². The maximum Gasteiger partial charge on any atom is 0.315 e. The van der Waals surface area contributed by atoms with Gasteiger partial charge in [-0.25, -0.2) is 4.79 Å². The van der Waals surface area contributed by atoms with E-state index in [9.17, 15) is 4.79 Å². The fourth-order valence-corrected chi connectivity index (χ4v) is 2.68. The number of benzene rings is 2. The van der Waals surface area contributed by atoms with E-state index in [0.29, 0.717) is 16.5 Å². The summed E-state index contributed by atoms with van der Waals surface area (Å²) in [6, 6.07) is 15.8. The van der Waals surface area contributed by atoms with Gasteiger partial charge in [0.05, 0.1) is 10.6 Å². The first kappa shape index (κ1) is 17.9. The van der Waals surface area contributed by atoms with Crippen LogP contribution in [0.5, 0.6) is 0 Å². The van der Waals surface area contributed by atoms with Crippen molar-refractivity contribution >= 4 is 17.6 Å². The molecule has 0 saturated heterocycles. The molecule has 2 N–H and O–H groups in total. The zero-order valence-corrected chi connectivity index (χ0v) is 15.2. The van der Waals surface area contributed by atoms with Crippen LogP contribution < -0.4 is 10.6 Å². The molecule has 0 fully saturated rings. The predicted octanol–water partition coefficient (Wildman–Crippen LogP) is 4.19. The molecule has 134 valence electrons. The van der Waals surface area contributed by atoms with E-state index in [-0.39, 0.29) is 18.0 Å². The number of carbonyl (C=O) groups excluding carboxylic acids is 1. The third-order valence-corrected chi connectivity index (χ3v) is 3.95. The van der Waals surface area contributed by atoms with E-state index in [1.807, 2.05) is 56.3 Å². The Morgan fingerprint density at radius 2 is 1.69 bits per heavy atom. The van der Waals surface area contributed by atoms with Gasteiger partial charge in [-0.2, -0.15) is 0 Å². The summed E-state index contributed by atoms with van der Waals surface area (Å²) in [5, 5.41) is 14.4. The molecule has 0 saturated carbocycles. The molecule has 2 amide bonds. The van der Waals surface area contributed by atoms with Crippen molar-refractivity contribution in [2.45, 2.75) is 25.9 Å². The summed E-state index contributed by atoms with van der Waals surface area (Å²) in [4.78, 5) is 12.2. The van der Waals surface area contributed by atoms with Crippen LogP contribution in [-0.4, -0.2) is 22.3 Å². The van der Waals surface area contributed by atoms with Crippen molar-refractivity contribution in [2.75, 3.05) is 0 Å². The maximum absolute atomic E-state index is 12.2. The molecule has 6 nitrogen and oxygen atoms in total. The van der Waals surface area contributed by atoms with Gasteiger partial charge in [-0.1, -0.05) is 54.1 Å². The third kappa shape index (κ3) is 4.21. The Balaban J connectivity index is 1.93. The van der Waals surface area contributed by atoms with E-state index >= 15 is 0 Å². The summed E-state index contributed by atoms with van der Waals surface area (Å²) in [5.74, 6) is 0.586. The van der Waals surface area contributed by atoms with Crippen LogP contribution >= 0.6 is 11.6 Å². The van der Waals surface area contributed by atoms with Crippen LogP contribution in [0.15, 0.2) is 59.0 Å². The van der Waals surface area contributed by atoms with Crippen LogP contribution in [0, 0.1) is 0 Å². The Hall–Kier alpha value is -2.86. The molecule has 0 aliphatic rings. The lowest BCUT2D eigenvalue weighted by Gasteiger charge is -2.17. The number of hydrogen-bond donors (Lipinski definition) is 2. The molecule has 2 aromatic carbocycles. The standard InChI is InChI=1S/C19H19ClN4O2/c1-12(2)21-19(25)22-16(13-8-4-3-5-9-13)18-24-23-17(26-18)14-10-6-7-11-15(14)20/h3-12,16H,1-2H3,(H2,21,22,25). The number of rotatable bonds is 5. The molecular weight excluding hydrogens is 352 g/mol. The molecular formula is C19H19ClN4O2. The zero-order chi connectivity index (χ0) is 18.5. The Kier molecular flexibility index (Phi) is 5.53. The molecule has 1 heterocycles. The van der Waals surface area contributed by atoms with Gasteiger partial charge in [-0.15, -0.1) is 10.2 Å². The lowest BCUT2D eigenvalue weighted by molar-refractivity contribution is 0.234. The Bertz CT molecular complexity index is 880. The van der Waals surface area contributed by atoms with Gasteiger partial charge in [0.15, 0.2) is 0 Å². The van der Waals surface area contributed by atoms with Gasteiger partial charge in [0.25, 0.3) is 0 Å². The maximum atomic E-state index is 12.2. The van der Waals surface area contributed by atoms with Crippen molar-refractivity contribution in [2.24, 2.45) is 0 Å². The van der Waals surface area contributed by atoms with E-state index in [1.165, 1.54) is 0 Å². The van der Waals surface area contributed by atoms with E-state index in [2.05, 4.69) is 20.8 Å². The van der Waals surface area contributed by atoms with Crippen LogP contribution in [0.4, 0.5) is 4.79 Å². The minimum Gasteiger partial charge on any atom is -0.418 e. The van der Waals surface area contributed by atoms with Crippen molar-refractivity contribution < 1.29 is 9.21 Å². The first-order valence-corrected chi connectivity index (χ1v) is 8.62. The summed E-state index contributed by atoms with van der Waals surface area (Å²) in [7, 11) is 0. The summed E-state index contributed by atoms with van der Waals surface area (Å²) < 4.78 is 5.82. The number of hydrogen-bond acceptors (Lipinski definition) is 4. The fraction of sp³-hybridized carbons (Fsp3) is 0.211. The number of urea groups is 1. The highest BCUT2D eigenvalue weighted by Gasteiger charge is 2.24. The quantitative estimate of drug-likeness (QED) is 0.705. The normalized spacial score (nSPS) is 12.0. The third-order valence-electron chi connectivity index (χ3n) is 3.62. The van der Waals surface area contributed by atoms with Crippen LogP contribution in [-0.2, 0) is 0 Å². The Morgan fingerprint density at radius 1 is 1.00 bits per heavy atom. The molecule has 0 radical (unpaired) electrons. The number of halogens is 1. The number of aromatic nitrogens is 2. The molecule has 0 spiro atoms. The average Bonchev–Trinajstić information content (AvgIpc) is 3.10. The van der Waals surface area contributed by atoms with Crippen molar-refractivity contribution in [1.82, 2.24) is 20.8 Å². The first-order chi connectivity index (χ1) is 12.5. The number of nitrogens with one attached hydrogen (secondary N) is 2. The molecule has 1 aromatic heterocycles. The van der Waals surface area contributed by atoms with E-state index < -0.39 is 6.04 Å². The van der Waals surface area contributed by atoms with E-state index in [4.69, 9.17) is 16.0 Å². The number of carbonyl (C=O) groups is 1. The largest absolute Gasteiger partial charge is 0.418 e. The molecule has 26 heavy (non-hydrogen) atoms. The Labute approximate surface area is 156 Å². The van der Waals surface area contributed by atoms with Gasteiger partial charge < -0.3 is 15.1 Å². The predicted molar refractivity (Wildman–Crippen MR) is 99.8 cm³/mol. The average molecular weight is 371 g/mol. The molecule has 1 unspecified atom stereocenters. The van der Waals surface area contributed by atoms with E-state index in [0.717, 1.165) is 5.56 Å². The van der Waals surface area contributed by atoms with Crippen molar-refractivity contribution in [3.8, 4) is 11.5 Å². The second-order valence-electron chi connectivity index (χ2n) is 6.04. The van der Waals surface area contributed by atoms with Gasteiger partial charge in [-0.3, -0.25) is 0 Å². The molecule has 0 aliphatic heterocycles. The molecule has 7 heteroatoms. The second kappa shape index (κ2) is 8.01. The first-order valence-electron chi connectivity index (χ1n) is 8.25. The fourth-order valence-electron chi connectivity index (χ4n) is 2.46. The highest BCUT2D eigenvalue weighted by molar-refractivity contribution is 6.33. The highest BCUT2D eigenvalue weighted by Crippen LogP contribution is 2.29. The lowest BCUT2D eigenvalue weighted by atomic mass is 10.1. The molecule has 3 aromatic rings. The molecule has 1 atom stereocenters. The lowest BCUT2D eigenvalue weighted by Crippen LogP contribution is -2.41. The minimum absolute atomic E-state index is 0.00722. The van der Waals surface area contributed by atoms with Crippen LogP contribution in [0.1, 0.15) is 31.3 Å². The molecule has 0 aliphatic carbocycles. The van der Waals surface area contributed by atoms with Gasteiger partial charge in [0.1, 0.15) is 6.04 Å². The zero-order valence-electron chi connectivity index (χ0n) is 14.4. The summed E-state index contributed by atoms with van der Waals surface area (Å²) in [6.45, 7) is 3.78. The summed E-state index contributed by atoms with van der Waals surface area (Å²) >= 11 is 6.20. The summed E-state index contributed by atoms with van der Waals surface area (Å²) in [5.41, 5.74) is 1.48. The van der Waals surface area contributed by atoms with Crippen molar-refractivity contribution in [1.29, 1.82) is 0 Å². The minimum atomic E-state index is -0.571. The second-order valence-corrected chi connectivity index (χ2v) is 6.45. The van der Waals surface area contributed by atoms with E-state index in [1.54, 1.807) is 12.1 Å².